The van der Waals surface area contributed by atoms with E-state index < -0.39 is 0 Å². The molecule has 2 heteroatoms. The van der Waals surface area contributed by atoms with Crippen LogP contribution in [0.5, 0.6) is 0 Å². The van der Waals surface area contributed by atoms with Crippen LogP contribution in [0.4, 0.5) is 0 Å². The van der Waals surface area contributed by atoms with Crippen LogP contribution >= 0.6 is 0 Å². The van der Waals surface area contributed by atoms with Crippen molar-refractivity contribution in [2.45, 2.75) is 33.2 Å². The maximum atomic E-state index is 4.28. The maximum Gasteiger partial charge on any atom is 0.0304 e. The Hall–Kier alpha value is -0.0800. The SMILES string of the molecule is CCC[N]N(C)C(C)C. The van der Waals surface area contributed by atoms with E-state index in [4.69, 9.17) is 0 Å². The summed E-state index contributed by atoms with van der Waals surface area (Å²) in [6.45, 7) is 7.37. The van der Waals surface area contributed by atoms with Crippen LogP contribution in [0.3, 0.4) is 0 Å². The van der Waals surface area contributed by atoms with Crippen molar-refractivity contribution in [1.82, 2.24) is 10.4 Å². The highest BCUT2D eigenvalue weighted by atomic mass is 15.5. The second-order valence-electron chi connectivity index (χ2n) is 2.53. The van der Waals surface area contributed by atoms with Crippen molar-refractivity contribution in [3.05, 3.63) is 0 Å². The molecule has 0 atom stereocenters. The molecule has 0 aliphatic carbocycles. The van der Waals surface area contributed by atoms with Gasteiger partial charge in [-0.25, -0.2) is 5.01 Å². The predicted molar refractivity (Wildman–Crippen MR) is 40.2 cm³/mol. The van der Waals surface area contributed by atoms with E-state index in [0.29, 0.717) is 6.04 Å². The predicted octanol–water partition coefficient (Wildman–Crippen LogP) is 1.26. The van der Waals surface area contributed by atoms with Crippen LogP contribution < -0.4 is 5.43 Å². The highest BCUT2D eigenvalue weighted by molar-refractivity contribution is 4.49. The molecule has 0 saturated heterocycles. The van der Waals surface area contributed by atoms with E-state index >= 15 is 0 Å². The average Bonchev–Trinajstić information content (AvgIpc) is 1.82. The van der Waals surface area contributed by atoms with Gasteiger partial charge in [-0.05, 0) is 20.3 Å². The lowest BCUT2D eigenvalue weighted by molar-refractivity contribution is 0.179. The highest BCUT2D eigenvalue weighted by Gasteiger charge is 2.00. The fourth-order valence-corrected chi connectivity index (χ4v) is 0.421. The van der Waals surface area contributed by atoms with E-state index in [9.17, 15) is 0 Å². The summed E-state index contributed by atoms with van der Waals surface area (Å²) in [6, 6.07) is 0.538. The summed E-state index contributed by atoms with van der Waals surface area (Å²) in [5.41, 5.74) is 4.28. The van der Waals surface area contributed by atoms with Crippen molar-refractivity contribution < 1.29 is 0 Å². The van der Waals surface area contributed by atoms with E-state index in [1.165, 1.54) is 0 Å². The first-order valence-electron chi connectivity index (χ1n) is 3.58. The molecule has 0 aliphatic rings. The van der Waals surface area contributed by atoms with Gasteiger partial charge in [-0.3, -0.25) is 0 Å². The average molecular weight is 129 g/mol. The minimum Gasteiger partial charge on any atom is -0.227 e. The third-order valence-corrected chi connectivity index (χ3v) is 1.29. The quantitative estimate of drug-likeness (QED) is 0.522. The Labute approximate surface area is 58.2 Å². The summed E-state index contributed by atoms with van der Waals surface area (Å²) < 4.78 is 0. The molecule has 0 spiro atoms. The van der Waals surface area contributed by atoms with E-state index in [2.05, 4.69) is 26.2 Å². The van der Waals surface area contributed by atoms with E-state index in [-0.39, 0.29) is 0 Å². The van der Waals surface area contributed by atoms with E-state index in [0.717, 1.165) is 13.0 Å². The fraction of sp³-hybridized carbons (Fsp3) is 1.00. The van der Waals surface area contributed by atoms with Crippen LogP contribution in [0.2, 0.25) is 0 Å². The minimum absolute atomic E-state index is 0.538. The summed E-state index contributed by atoms with van der Waals surface area (Å²) in [6.07, 6.45) is 1.14. The number of hydrogen-bond donors (Lipinski definition) is 0. The summed E-state index contributed by atoms with van der Waals surface area (Å²) >= 11 is 0. The second kappa shape index (κ2) is 4.77. The van der Waals surface area contributed by atoms with E-state index in [1.54, 1.807) is 0 Å². The Kier molecular flexibility index (Phi) is 4.72. The van der Waals surface area contributed by atoms with Gasteiger partial charge >= 0.3 is 0 Å². The summed E-state index contributed by atoms with van der Waals surface area (Å²) in [5, 5.41) is 2.00. The van der Waals surface area contributed by atoms with Crippen molar-refractivity contribution in [2.24, 2.45) is 0 Å². The Morgan fingerprint density at radius 2 is 2.00 bits per heavy atom. The molecule has 0 saturated carbocycles. The number of hydrogen-bond acceptors (Lipinski definition) is 1. The van der Waals surface area contributed by atoms with Gasteiger partial charge in [-0.1, -0.05) is 6.92 Å². The molecule has 0 aromatic carbocycles. The van der Waals surface area contributed by atoms with Gasteiger partial charge in [0.05, 0.1) is 0 Å². The molecule has 0 N–H and O–H groups in total. The minimum atomic E-state index is 0.538. The number of nitrogens with zero attached hydrogens (tertiary/aromatic N) is 2. The molecule has 0 unspecified atom stereocenters. The van der Waals surface area contributed by atoms with Crippen LogP contribution in [-0.2, 0) is 0 Å². The Morgan fingerprint density at radius 1 is 1.44 bits per heavy atom. The zero-order valence-electron chi connectivity index (χ0n) is 6.89. The lowest BCUT2D eigenvalue weighted by Gasteiger charge is -2.18. The first-order valence-corrected chi connectivity index (χ1v) is 3.58. The summed E-state index contributed by atoms with van der Waals surface area (Å²) in [5.74, 6) is 0. The fourth-order valence-electron chi connectivity index (χ4n) is 0.421. The third kappa shape index (κ3) is 4.43. The van der Waals surface area contributed by atoms with Crippen molar-refractivity contribution in [3.63, 3.8) is 0 Å². The lowest BCUT2D eigenvalue weighted by atomic mass is 10.4. The molecule has 0 amide bonds. The Balaban J connectivity index is 3.16. The van der Waals surface area contributed by atoms with Gasteiger partial charge in [0.2, 0.25) is 0 Å². The molecule has 55 valence electrons. The molecule has 0 rings (SSSR count). The van der Waals surface area contributed by atoms with Crippen molar-refractivity contribution in [1.29, 1.82) is 0 Å². The molecule has 0 aromatic heterocycles. The molecular weight excluding hydrogens is 112 g/mol. The first kappa shape index (κ1) is 8.92. The van der Waals surface area contributed by atoms with Gasteiger partial charge in [0.25, 0.3) is 0 Å². The molecular formula is C7H17N2. The zero-order valence-corrected chi connectivity index (χ0v) is 6.89. The maximum absolute atomic E-state index is 4.28. The molecule has 0 aliphatic heterocycles. The van der Waals surface area contributed by atoms with Gasteiger partial charge in [0.15, 0.2) is 0 Å². The Bertz CT molecular complexity index is 61.9. The van der Waals surface area contributed by atoms with Gasteiger partial charge in [-0.15, -0.1) is 0 Å². The normalized spacial score (nSPS) is 11.3. The lowest BCUT2D eigenvalue weighted by Crippen LogP contribution is -2.34. The number of rotatable bonds is 4. The first-order chi connectivity index (χ1) is 4.18. The second-order valence-corrected chi connectivity index (χ2v) is 2.53. The molecule has 9 heavy (non-hydrogen) atoms. The van der Waals surface area contributed by atoms with Crippen molar-refractivity contribution in [2.75, 3.05) is 13.6 Å². The van der Waals surface area contributed by atoms with Crippen LogP contribution in [-0.4, -0.2) is 24.6 Å². The highest BCUT2D eigenvalue weighted by Crippen LogP contribution is 1.89. The topological polar surface area (TPSA) is 17.3 Å². The van der Waals surface area contributed by atoms with Crippen LogP contribution in [0, 0.1) is 0 Å². The smallest absolute Gasteiger partial charge is 0.0304 e. The monoisotopic (exact) mass is 129 g/mol. The van der Waals surface area contributed by atoms with Gasteiger partial charge < -0.3 is 0 Å². The molecule has 0 heterocycles. The summed E-state index contributed by atoms with van der Waals surface area (Å²) in [7, 11) is 2.01. The summed E-state index contributed by atoms with van der Waals surface area (Å²) in [4.78, 5) is 0. The Morgan fingerprint density at radius 3 is 2.33 bits per heavy atom. The standard InChI is InChI=1S/C7H17N2/c1-5-6-8-9(4)7(2)3/h7H,5-6H2,1-4H3. The largest absolute Gasteiger partial charge is 0.227 e. The van der Waals surface area contributed by atoms with Crippen LogP contribution in [0.25, 0.3) is 0 Å². The molecule has 0 aromatic rings. The van der Waals surface area contributed by atoms with E-state index in [1.807, 2.05) is 12.1 Å². The van der Waals surface area contributed by atoms with Gasteiger partial charge in [-0.2, -0.15) is 5.43 Å². The van der Waals surface area contributed by atoms with Crippen LogP contribution in [0.15, 0.2) is 0 Å². The van der Waals surface area contributed by atoms with Gasteiger partial charge in [0.1, 0.15) is 0 Å². The molecule has 0 bridgehead atoms. The molecule has 0 fully saturated rings. The molecule has 1 radical (unpaired) electrons. The van der Waals surface area contributed by atoms with Crippen LogP contribution in [0.1, 0.15) is 27.2 Å². The zero-order chi connectivity index (χ0) is 7.28. The molecule has 2 nitrogen and oxygen atoms in total. The third-order valence-electron chi connectivity index (χ3n) is 1.29. The van der Waals surface area contributed by atoms with Crippen molar-refractivity contribution in [3.8, 4) is 0 Å². The van der Waals surface area contributed by atoms with Gasteiger partial charge in [0, 0.05) is 19.6 Å². The van der Waals surface area contributed by atoms with Crippen molar-refractivity contribution >= 4 is 0 Å².